The summed E-state index contributed by atoms with van der Waals surface area (Å²) in [5.41, 5.74) is 0.253. The van der Waals surface area contributed by atoms with Crippen LogP contribution in [0.2, 0.25) is 0 Å². The number of rotatable bonds is 5. The van der Waals surface area contributed by atoms with E-state index in [1.807, 2.05) is 17.5 Å². The van der Waals surface area contributed by atoms with Crippen molar-refractivity contribution in [2.75, 3.05) is 0 Å². The van der Waals surface area contributed by atoms with Gasteiger partial charge < -0.3 is 5.11 Å². The Kier molecular flexibility index (Phi) is 3.57. The first kappa shape index (κ1) is 12.2. The van der Waals surface area contributed by atoms with Gasteiger partial charge in [0.1, 0.15) is 0 Å². The molecule has 6 nitrogen and oxygen atoms in total. The van der Waals surface area contributed by atoms with E-state index in [2.05, 4.69) is 14.9 Å². The van der Waals surface area contributed by atoms with Gasteiger partial charge in [-0.05, 0) is 11.4 Å². The van der Waals surface area contributed by atoms with Crippen LogP contribution in [0.1, 0.15) is 10.4 Å². The predicted octanol–water partition coefficient (Wildman–Crippen LogP) is 0.442. The molecule has 0 bridgehead atoms. The molecular weight excluding hydrogens is 262 g/mol. The first-order chi connectivity index (χ1) is 8.13. The molecule has 0 aliphatic rings. The van der Waals surface area contributed by atoms with Crippen LogP contribution in [-0.2, 0) is 23.2 Å². The minimum Gasteiger partial charge on any atom is -0.392 e. The second-order valence-corrected chi connectivity index (χ2v) is 6.02. The average molecular weight is 273 g/mol. The molecule has 2 rings (SSSR count). The standard InChI is InChI=1S/C9H11N3O3S2/c13-6-7-4-10-12-9(7)17(14,15)11-5-8-2-1-3-16-8/h1-4,11,13H,5-6H2,(H,10,12). The molecule has 2 heterocycles. The zero-order valence-corrected chi connectivity index (χ0v) is 10.4. The summed E-state index contributed by atoms with van der Waals surface area (Å²) in [6.07, 6.45) is 1.29. The van der Waals surface area contributed by atoms with E-state index in [-0.39, 0.29) is 23.7 Å². The van der Waals surface area contributed by atoms with E-state index < -0.39 is 10.0 Å². The van der Waals surface area contributed by atoms with Gasteiger partial charge in [0.2, 0.25) is 0 Å². The molecule has 0 amide bonds. The van der Waals surface area contributed by atoms with Crippen LogP contribution in [0.4, 0.5) is 0 Å². The molecule has 0 atom stereocenters. The molecule has 3 N–H and O–H groups in total. The molecule has 2 aromatic rings. The molecular formula is C9H11N3O3S2. The Morgan fingerprint density at radius 1 is 1.53 bits per heavy atom. The van der Waals surface area contributed by atoms with E-state index in [9.17, 15) is 8.42 Å². The number of thiophene rings is 1. The summed E-state index contributed by atoms with van der Waals surface area (Å²) in [7, 11) is -3.66. The molecule has 0 aromatic carbocycles. The van der Waals surface area contributed by atoms with E-state index >= 15 is 0 Å². The van der Waals surface area contributed by atoms with Crippen LogP contribution in [0.25, 0.3) is 0 Å². The van der Waals surface area contributed by atoms with Crippen molar-refractivity contribution in [1.29, 1.82) is 0 Å². The van der Waals surface area contributed by atoms with Crippen LogP contribution in [-0.4, -0.2) is 23.7 Å². The first-order valence-corrected chi connectivity index (χ1v) is 7.15. The summed E-state index contributed by atoms with van der Waals surface area (Å²) in [5, 5.41) is 16.7. The average Bonchev–Trinajstić information content (AvgIpc) is 2.97. The SMILES string of the molecule is O=S(=O)(NCc1cccs1)c1[nH]ncc1CO. The van der Waals surface area contributed by atoms with Gasteiger partial charge in [-0.2, -0.15) is 5.10 Å². The van der Waals surface area contributed by atoms with Crippen LogP contribution in [0.5, 0.6) is 0 Å². The van der Waals surface area contributed by atoms with E-state index in [4.69, 9.17) is 5.11 Å². The lowest BCUT2D eigenvalue weighted by Crippen LogP contribution is -2.24. The third kappa shape index (κ3) is 2.72. The van der Waals surface area contributed by atoms with Crippen molar-refractivity contribution < 1.29 is 13.5 Å². The molecule has 0 radical (unpaired) electrons. The second kappa shape index (κ2) is 4.96. The van der Waals surface area contributed by atoms with Crippen molar-refractivity contribution in [1.82, 2.24) is 14.9 Å². The number of nitrogens with one attached hydrogen (secondary N) is 2. The molecule has 0 fully saturated rings. The summed E-state index contributed by atoms with van der Waals surface area (Å²) >= 11 is 1.47. The summed E-state index contributed by atoms with van der Waals surface area (Å²) in [6.45, 7) is -0.143. The number of sulfonamides is 1. The van der Waals surface area contributed by atoms with Gasteiger partial charge in [-0.3, -0.25) is 5.10 Å². The molecule has 2 aromatic heterocycles. The van der Waals surface area contributed by atoms with Gasteiger partial charge in [-0.15, -0.1) is 11.3 Å². The lowest BCUT2D eigenvalue weighted by atomic mass is 10.4. The number of hydrogen-bond donors (Lipinski definition) is 3. The predicted molar refractivity (Wildman–Crippen MR) is 62.9 cm³/mol. The van der Waals surface area contributed by atoms with Crippen molar-refractivity contribution in [3.8, 4) is 0 Å². The largest absolute Gasteiger partial charge is 0.392 e. The number of aromatic amines is 1. The third-order valence-electron chi connectivity index (χ3n) is 2.13. The molecule has 0 aliphatic heterocycles. The van der Waals surface area contributed by atoms with Crippen LogP contribution >= 0.6 is 11.3 Å². The molecule has 17 heavy (non-hydrogen) atoms. The van der Waals surface area contributed by atoms with E-state index in [1.165, 1.54) is 17.5 Å². The Labute approximate surface area is 102 Å². The van der Waals surface area contributed by atoms with Gasteiger partial charge in [0.25, 0.3) is 10.0 Å². The minimum absolute atomic E-state index is 0.0865. The number of H-pyrrole nitrogens is 1. The lowest BCUT2D eigenvalue weighted by Gasteiger charge is -2.04. The van der Waals surface area contributed by atoms with Crippen molar-refractivity contribution in [2.45, 2.75) is 18.2 Å². The number of aromatic nitrogens is 2. The lowest BCUT2D eigenvalue weighted by molar-refractivity contribution is 0.278. The molecule has 92 valence electrons. The van der Waals surface area contributed by atoms with Gasteiger partial charge in [-0.25, -0.2) is 13.1 Å². The number of aliphatic hydroxyl groups excluding tert-OH is 1. The molecule has 0 aliphatic carbocycles. The normalized spacial score (nSPS) is 11.8. The fourth-order valence-electron chi connectivity index (χ4n) is 1.30. The molecule has 0 unspecified atom stereocenters. The van der Waals surface area contributed by atoms with Gasteiger partial charge in [-0.1, -0.05) is 6.07 Å². The molecule has 8 heteroatoms. The number of aliphatic hydroxyl groups is 1. The highest BCUT2D eigenvalue weighted by Gasteiger charge is 2.20. The maximum Gasteiger partial charge on any atom is 0.258 e. The topological polar surface area (TPSA) is 95.1 Å². The Morgan fingerprint density at radius 2 is 2.35 bits per heavy atom. The van der Waals surface area contributed by atoms with E-state index in [0.717, 1.165) is 4.88 Å². The summed E-state index contributed by atoms with van der Waals surface area (Å²) in [6, 6.07) is 3.69. The monoisotopic (exact) mass is 273 g/mol. The molecule has 0 saturated heterocycles. The van der Waals surface area contributed by atoms with Gasteiger partial charge >= 0.3 is 0 Å². The highest BCUT2D eigenvalue weighted by Crippen LogP contribution is 2.13. The summed E-state index contributed by atoms with van der Waals surface area (Å²) in [5.74, 6) is 0. The van der Waals surface area contributed by atoms with E-state index in [0.29, 0.717) is 0 Å². The van der Waals surface area contributed by atoms with Gasteiger partial charge in [0.05, 0.1) is 12.8 Å². The van der Waals surface area contributed by atoms with Crippen LogP contribution in [0, 0.1) is 0 Å². The fourth-order valence-corrected chi connectivity index (χ4v) is 3.16. The minimum atomic E-state index is -3.66. The zero-order chi connectivity index (χ0) is 12.3. The number of nitrogens with zero attached hydrogens (tertiary/aromatic N) is 1. The van der Waals surface area contributed by atoms with Gasteiger partial charge in [0.15, 0.2) is 5.03 Å². The van der Waals surface area contributed by atoms with Crippen molar-refractivity contribution in [3.63, 3.8) is 0 Å². The van der Waals surface area contributed by atoms with Gasteiger partial charge in [0, 0.05) is 17.0 Å². The second-order valence-electron chi connectivity index (χ2n) is 3.29. The number of hydrogen-bond acceptors (Lipinski definition) is 5. The van der Waals surface area contributed by atoms with Crippen LogP contribution in [0.3, 0.4) is 0 Å². The van der Waals surface area contributed by atoms with Crippen LogP contribution < -0.4 is 4.72 Å². The maximum absolute atomic E-state index is 11.9. The maximum atomic E-state index is 11.9. The fraction of sp³-hybridized carbons (Fsp3) is 0.222. The smallest absolute Gasteiger partial charge is 0.258 e. The Morgan fingerprint density at radius 3 is 3.00 bits per heavy atom. The van der Waals surface area contributed by atoms with Crippen LogP contribution in [0.15, 0.2) is 28.7 Å². The summed E-state index contributed by atoms with van der Waals surface area (Å²) in [4.78, 5) is 0.915. The molecule has 0 saturated carbocycles. The van der Waals surface area contributed by atoms with Crippen molar-refractivity contribution >= 4 is 21.4 Å². The third-order valence-corrected chi connectivity index (χ3v) is 4.43. The zero-order valence-electron chi connectivity index (χ0n) is 8.75. The Bertz CT molecular complexity index is 574. The molecule has 0 spiro atoms. The van der Waals surface area contributed by atoms with Crippen molar-refractivity contribution in [3.05, 3.63) is 34.2 Å². The quantitative estimate of drug-likeness (QED) is 0.736. The highest BCUT2D eigenvalue weighted by molar-refractivity contribution is 7.89. The van der Waals surface area contributed by atoms with Crippen molar-refractivity contribution in [2.24, 2.45) is 0 Å². The first-order valence-electron chi connectivity index (χ1n) is 4.78. The highest BCUT2D eigenvalue weighted by atomic mass is 32.2. The Balaban J connectivity index is 2.14. The van der Waals surface area contributed by atoms with E-state index in [1.54, 1.807) is 0 Å². The Hall–Kier alpha value is -1.22. The summed E-state index contributed by atoms with van der Waals surface area (Å²) < 4.78 is 26.2.